The summed E-state index contributed by atoms with van der Waals surface area (Å²) in [7, 11) is 0. The molecule has 1 heterocycles. The van der Waals surface area contributed by atoms with E-state index < -0.39 is 5.60 Å². The van der Waals surface area contributed by atoms with Crippen molar-refractivity contribution < 1.29 is 9.53 Å². The van der Waals surface area contributed by atoms with Crippen molar-refractivity contribution in [2.24, 2.45) is 0 Å². The fourth-order valence-electron chi connectivity index (χ4n) is 1.14. The lowest BCUT2D eigenvalue weighted by molar-refractivity contribution is 0.0527. The number of ether oxygens (including phenoxy) is 1. The van der Waals surface area contributed by atoms with Crippen LogP contribution in [0.5, 0.6) is 0 Å². The third kappa shape index (κ3) is 5.70. The normalized spacial score (nSPS) is 11.2. The molecule has 1 amide bonds. The van der Waals surface area contributed by atoms with E-state index in [4.69, 9.17) is 4.74 Å². The van der Waals surface area contributed by atoms with Gasteiger partial charge in [0.1, 0.15) is 5.60 Å². The second-order valence-corrected chi connectivity index (χ2v) is 5.23. The highest BCUT2D eigenvalue weighted by Crippen LogP contribution is 2.06. The van der Waals surface area contributed by atoms with Gasteiger partial charge in [0.25, 0.3) is 0 Å². The zero-order valence-corrected chi connectivity index (χ0v) is 10.8. The lowest BCUT2D eigenvalue weighted by Gasteiger charge is -2.19. The summed E-state index contributed by atoms with van der Waals surface area (Å²) in [6, 6.07) is 0. The number of rotatable bonds is 4. The van der Waals surface area contributed by atoms with Gasteiger partial charge in [-0.3, -0.25) is 0 Å². The van der Waals surface area contributed by atoms with Crippen LogP contribution < -0.4 is 5.32 Å². The standard InChI is InChI=1S/C11H18N2O2S/c1-11(2,3)15-10(14)12-6-4-5-9-7-16-8-13-9/h7-8H,4-6H2,1-3H3,(H,12,14). The second kappa shape index (κ2) is 5.84. The molecule has 1 rings (SSSR count). The van der Waals surface area contributed by atoms with Crippen LogP contribution in [0.15, 0.2) is 10.9 Å². The van der Waals surface area contributed by atoms with E-state index in [1.807, 2.05) is 31.7 Å². The Kier molecular flexibility index (Phi) is 4.73. The number of thiazole rings is 1. The van der Waals surface area contributed by atoms with Gasteiger partial charge in [-0.25, -0.2) is 9.78 Å². The molecule has 0 aliphatic rings. The van der Waals surface area contributed by atoms with E-state index in [2.05, 4.69) is 10.3 Å². The maximum atomic E-state index is 11.3. The third-order valence-electron chi connectivity index (χ3n) is 1.76. The van der Waals surface area contributed by atoms with E-state index in [0.29, 0.717) is 6.54 Å². The topological polar surface area (TPSA) is 51.2 Å². The SMILES string of the molecule is CC(C)(C)OC(=O)NCCCc1cscn1. The van der Waals surface area contributed by atoms with Gasteiger partial charge in [0.2, 0.25) is 0 Å². The molecule has 0 saturated carbocycles. The van der Waals surface area contributed by atoms with Crippen LogP contribution in [0.1, 0.15) is 32.9 Å². The number of amides is 1. The summed E-state index contributed by atoms with van der Waals surface area (Å²) in [6.45, 7) is 6.16. The molecule has 4 nitrogen and oxygen atoms in total. The molecule has 16 heavy (non-hydrogen) atoms. The van der Waals surface area contributed by atoms with Crippen molar-refractivity contribution in [1.82, 2.24) is 10.3 Å². The lowest BCUT2D eigenvalue weighted by atomic mass is 10.2. The number of hydrogen-bond donors (Lipinski definition) is 1. The summed E-state index contributed by atoms with van der Waals surface area (Å²) >= 11 is 1.59. The number of nitrogens with one attached hydrogen (secondary N) is 1. The molecular formula is C11H18N2O2S. The van der Waals surface area contributed by atoms with Crippen molar-refractivity contribution in [3.63, 3.8) is 0 Å². The summed E-state index contributed by atoms with van der Waals surface area (Å²) in [5.74, 6) is 0. The van der Waals surface area contributed by atoms with Crippen LogP contribution in [0.4, 0.5) is 4.79 Å². The number of aryl methyl sites for hydroxylation is 1. The van der Waals surface area contributed by atoms with Crippen molar-refractivity contribution in [3.05, 3.63) is 16.6 Å². The van der Waals surface area contributed by atoms with Gasteiger partial charge in [0.15, 0.2) is 0 Å². The van der Waals surface area contributed by atoms with Gasteiger partial charge in [-0.1, -0.05) is 0 Å². The summed E-state index contributed by atoms with van der Waals surface area (Å²) < 4.78 is 5.11. The Balaban J connectivity index is 2.09. The predicted molar refractivity (Wildman–Crippen MR) is 64.7 cm³/mol. The van der Waals surface area contributed by atoms with E-state index in [1.165, 1.54) is 0 Å². The quantitative estimate of drug-likeness (QED) is 0.826. The lowest BCUT2D eigenvalue weighted by Crippen LogP contribution is -2.33. The average Bonchev–Trinajstić information content (AvgIpc) is 2.62. The Morgan fingerprint density at radius 2 is 2.31 bits per heavy atom. The Morgan fingerprint density at radius 3 is 2.88 bits per heavy atom. The van der Waals surface area contributed by atoms with Crippen molar-refractivity contribution in [1.29, 1.82) is 0 Å². The fraction of sp³-hybridized carbons (Fsp3) is 0.636. The van der Waals surface area contributed by atoms with Crippen LogP contribution in [0.25, 0.3) is 0 Å². The summed E-state index contributed by atoms with van der Waals surface area (Å²) in [6.07, 6.45) is 1.41. The molecule has 0 atom stereocenters. The Morgan fingerprint density at radius 1 is 1.56 bits per heavy atom. The van der Waals surface area contributed by atoms with E-state index in [-0.39, 0.29) is 6.09 Å². The van der Waals surface area contributed by atoms with Crippen LogP contribution in [0, 0.1) is 0 Å². The van der Waals surface area contributed by atoms with Crippen LogP contribution >= 0.6 is 11.3 Å². The molecule has 1 aromatic heterocycles. The molecule has 0 radical (unpaired) electrons. The van der Waals surface area contributed by atoms with Gasteiger partial charge < -0.3 is 10.1 Å². The molecule has 0 aliphatic heterocycles. The zero-order chi connectivity index (χ0) is 12.0. The molecule has 1 aromatic rings. The van der Waals surface area contributed by atoms with E-state index in [1.54, 1.807) is 11.3 Å². The molecule has 0 saturated heterocycles. The Hall–Kier alpha value is -1.10. The van der Waals surface area contributed by atoms with Crippen LogP contribution in [0.3, 0.4) is 0 Å². The van der Waals surface area contributed by atoms with E-state index in [9.17, 15) is 4.79 Å². The number of hydrogen-bond acceptors (Lipinski definition) is 4. The van der Waals surface area contributed by atoms with Crippen molar-refractivity contribution in [3.8, 4) is 0 Å². The highest BCUT2D eigenvalue weighted by Gasteiger charge is 2.15. The molecule has 1 N–H and O–H groups in total. The van der Waals surface area contributed by atoms with Crippen molar-refractivity contribution in [2.75, 3.05) is 6.54 Å². The van der Waals surface area contributed by atoms with Crippen molar-refractivity contribution in [2.45, 2.75) is 39.2 Å². The Bertz CT molecular complexity index is 317. The first kappa shape index (κ1) is 13.0. The minimum absolute atomic E-state index is 0.356. The van der Waals surface area contributed by atoms with Gasteiger partial charge in [0.05, 0.1) is 11.2 Å². The van der Waals surface area contributed by atoms with Gasteiger partial charge in [0, 0.05) is 11.9 Å². The number of alkyl carbamates (subject to hydrolysis) is 1. The second-order valence-electron chi connectivity index (χ2n) is 4.51. The third-order valence-corrected chi connectivity index (χ3v) is 2.40. The highest BCUT2D eigenvalue weighted by atomic mass is 32.1. The van der Waals surface area contributed by atoms with E-state index >= 15 is 0 Å². The van der Waals surface area contributed by atoms with Gasteiger partial charge in [-0.05, 0) is 33.6 Å². The minimum atomic E-state index is -0.432. The fourth-order valence-corrected chi connectivity index (χ4v) is 1.73. The van der Waals surface area contributed by atoms with Crippen LogP contribution in [-0.4, -0.2) is 23.2 Å². The molecule has 0 spiro atoms. The highest BCUT2D eigenvalue weighted by molar-refractivity contribution is 7.07. The van der Waals surface area contributed by atoms with E-state index in [0.717, 1.165) is 18.5 Å². The summed E-state index contributed by atoms with van der Waals surface area (Å²) in [5, 5.41) is 4.74. The monoisotopic (exact) mass is 242 g/mol. The summed E-state index contributed by atoms with van der Waals surface area (Å²) in [4.78, 5) is 15.4. The molecule has 0 unspecified atom stereocenters. The zero-order valence-electron chi connectivity index (χ0n) is 9.95. The van der Waals surface area contributed by atoms with Gasteiger partial charge >= 0.3 is 6.09 Å². The van der Waals surface area contributed by atoms with Crippen LogP contribution in [-0.2, 0) is 11.2 Å². The molecular weight excluding hydrogens is 224 g/mol. The molecule has 5 heteroatoms. The van der Waals surface area contributed by atoms with Gasteiger partial charge in [-0.15, -0.1) is 11.3 Å². The van der Waals surface area contributed by atoms with Gasteiger partial charge in [-0.2, -0.15) is 0 Å². The average molecular weight is 242 g/mol. The molecule has 90 valence electrons. The molecule has 0 aliphatic carbocycles. The minimum Gasteiger partial charge on any atom is -0.444 e. The largest absolute Gasteiger partial charge is 0.444 e. The maximum Gasteiger partial charge on any atom is 0.407 e. The number of nitrogens with zero attached hydrogens (tertiary/aromatic N) is 1. The van der Waals surface area contributed by atoms with Crippen molar-refractivity contribution >= 4 is 17.4 Å². The first-order valence-corrected chi connectivity index (χ1v) is 6.25. The number of aromatic nitrogens is 1. The number of carbonyl (C=O) groups excluding carboxylic acids is 1. The molecule has 0 aromatic carbocycles. The Labute approximate surface area is 100 Å². The first-order valence-electron chi connectivity index (χ1n) is 5.31. The number of carbonyl (C=O) groups is 1. The first-order chi connectivity index (χ1) is 7.47. The smallest absolute Gasteiger partial charge is 0.407 e. The molecule has 0 bridgehead atoms. The maximum absolute atomic E-state index is 11.3. The van der Waals surface area contributed by atoms with Crippen LogP contribution in [0.2, 0.25) is 0 Å². The predicted octanol–water partition coefficient (Wildman–Crippen LogP) is 2.60. The molecule has 0 fully saturated rings. The summed E-state index contributed by atoms with van der Waals surface area (Å²) in [5.41, 5.74) is 2.46.